The topological polar surface area (TPSA) is 24.5 Å². The van der Waals surface area contributed by atoms with Crippen LogP contribution in [0.4, 0.5) is 4.39 Å². The predicted octanol–water partition coefficient (Wildman–Crippen LogP) is 3.11. The summed E-state index contributed by atoms with van der Waals surface area (Å²) in [4.78, 5) is 2.16. The van der Waals surface area contributed by atoms with E-state index < -0.39 is 0 Å². The van der Waals surface area contributed by atoms with Gasteiger partial charge in [0.1, 0.15) is 17.2 Å². The van der Waals surface area contributed by atoms with Crippen LogP contribution >= 0.6 is 0 Å². The van der Waals surface area contributed by atoms with Crippen LogP contribution in [-0.2, 0) is 0 Å². The maximum Gasteiger partial charge on any atom is 0.125 e. The summed E-state index contributed by atoms with van der Waals surface area (Å²) in [5.74, 6) is 0.686. The first-order valence-corrected chi connectivity index (χ1v) is 7.95. The standard InChI is InChI=1S/C17H25FN2O/c1-20(2)10-9-19-15-12-17(7-3-4-8-17)21-16-6-5-13(18)11-14(15)16/h5-6,11,15,19H,3-4,7-10,12H2,1-2H3. The van der Waals surface area contributed by atoms with Gasteiger partial charge in [0.2, 0.25) is 0 Å². The van der Waals surface area contributed by atoms with Crippen molar-refractivity contribution in [1.82, 2.24) is 10.2 Å². The van der Waals surface area contributed by atoms with Crippen LogP contribution in [0.3, 0.4) is 0 Å². The molecule has 1 spiro atoms. The van der Waals surface area contributed by atoms with Crippen molar-refractivity contribution in [3.63, 3.8) is 0 Å². The largest absolute Gasteiger partial charge is 0.487 e. The SMILES string of the molecule is CN(C)CCNC1CC2(CCCC2)Oc2ccc(F)cc21. The smallest absolute Gasteiger partial charge is 0.125 e. The number of likely N-dealkylation sites (N-methyl/N-ethyl adjacent to an activating group) is 1. The number of hydrogen-bond acceptors (Lipinski definition) is 3. The zero-order valence-electron chi connectivity index (χ0n) is 13.0. The molecule has 1 aromatic carbocycles. The number of nitrogens with zero attached hydrogens (tertiary/aromatic N) is 1. The molecule has 4 heteroatoms. The van der Waals surface area contributed by atoms with Crippen LogP contribution in [0.25, 0.3) is 0 Å². The molecule has 3 rings (SSSR count). The molecule has 0 radical (unpaired) electrons. The van der Waals surface area contributed by atoms with Gasteiger partial charge in [0.25, 0.3) is 0 Å². The molecule has 116 valence electrons. The quantitative estimate of drug-likeness (QED) is 0.923. The van der Waals surface area contributed by atoms with Gasteiger partial charge in [0.05, 0.1) is 0 Å². The Morgan fingerprint density at radius 3 is 2.81 bits per heavy atom. The maximum atomic E-state index is 13.6. The van der Waals surface area contributed by atoms with Gasteiger partial charge in [-0.2, -0.15) is 0 Å². The van der Waals surface area contributed by atoms with E-state index in [4.69, 9.17) is 4.74 Å². The van der Waals surface area contributed by atoms with Crippen LogP contribution in [0.2, 0.25) is 0 Å². The molecule has 3 nitrogen and oxygen atoms in total. The van der Waals surface area contributed by atoms with Gasteiger partial charge in [-0.1, -0.05) is 0 Å². The van der Waals surface area contributed by atoms with Crippen LogP contribution in [0.15, 0.2) is 18.2 Å². The van der Waals surface area contributed by atoms with Crippen molar-refractivity contribution in [3.8, 4) is 5.75 Å². The Morgan fingerprint density at radius 1 is 1.33 bits per heavy atom. The van der Waals surface area contributed by atoms with Crippen LogP contribution in [0.5, 0.6) is 5.75 Å². The highest BCUT2D eigenvalue weighted by Gasteiger charge is 2.42. The van der Waals surface area contributed by atoms with Crippen molar-refractivity contribution in [2.75, 3.05) is 27.2 Å². The monoisotopic (exact) mass is 292 g/mol. The van der Waals surface area contributed by atoms with E-state index in [2.05, 4.69) is 24.3 Å². The lowest BCUT2D eigenvalue weighted by atomic mass is 9.86. The second kappa shape index (κ2) is 5.93. The van der Waals surface area contributed by atoms with Gasteiger partial charge in [0, 0.05) is 31.1 Å². The lowest BCUT2D eigenvalue weighted by Crippen LogP contribution is -2.43. The van der Waals surface area contributed by atoms with E-state index in [0.29, 0.717) is 0 Å². The minimum Gasteiger partial charge on any atom is -0.487 e. The Hall–Kier alpha value is -1.13. The van der Waals surface area contributed by atoms with Gasteiger partial charge in [-0.05, 0) is 58.0 Å². The van der Waals surface area contributed by atoms with Crippen LogP contribution in [0.1, 0.15) is 43.7 Å². The van der Waals surface area contributed by atoms with Gasteiger partial charge in [-0.3, -0.25) is 0 Å². The molecule has 0 saturated heterocycles. The Balaban J connectivity index is 1.81. The molecule has 1 aliphatic heterocycles. The molecular weight excluding hydrogens is 267 g/mol. The number of rotatable bonds is 4. The lowest BCUT2D eigenvalue weighted by Gasteiger charge is -2.40. The van der Waals surface area contributed by atoms with E-state index in [9.17, 15) is 4.39 Å². The third kappa shape index (κ3) is 3.22. The van der Waals surface area contributed by atoms with Crippen molar-refractivity contribution in [1.29, 1.82) is 0 Å². The summed E-state index contributed by atoms with van der Waals surface area (Å²) in [7, 11) is 4.13. The van der Waals surface area contributed by atoms with E-state index >= 15 is 0 Å². The molecule has 1 fully saturated rings. The fourth-order valence-electron chi connectivity index (χ4n) is 3.61. The first-order valence-electron chi connectivity index (χ1n) is 7.95. The van der Waals surface area contributed by atoms with Crippen molar-refractivity contribution in [3.05, 3.63) is 29.6 Å². The minimum absolute atomic E-state index is 0.0272. The minimum atomic E-state index is -0.181. The number of fused-ring (bicyclic) bond motifs is 1. The molecule has 0 aromatic heterocycles. The molecule has 0 amide bonds. The molecule has 1 atom stereocenters. The van der Waals surface area contributed by atoms with E-state index in [0.717, 1.165) is 43.7 Å². The van der Waals surface area contributed by atoms with E-state index in [1.807, 2.05) is 0 Å². The van der Waals surface area contributed by atoms with Crippen LogP contribution < -0.4 is 10.1 Å². The lowest BCUT2D eigenvalue weighted by molar-refractivity contribution is 0.0363. The Bertz CT molecular complexity index is 498. The number of nitrogens with one attached hydrogen (secondary N) is 1. The second-order valence-corrected chi connectivity index (χ2v) is 6.69. The van der Waals surface area contributed by atoms with Gasteiger partial charge in [-0.25, -0.2) is 4.39 Å². The van der Waals surface area contributed by atoms with Gasteiger partial charge in [-0.15, -0.1) is 0 Å². The molecule has 1 heterocycles. The summed E-state index contributed by atoms with van der Waals surface area (Å²) in [6.07, 6.45) is 5.67. The average Bonchev–Trinajstić information content (AvgIpc) is 2.87. The first kappa shape index (κ1) is 14.8. The van der Waals surface area contributed by atoms with E-state index in [-0.39, 0.29) is 17.5 Å². The molecule has 21 heavy (non-hydrogen) atoms. The Labute approximate surface area is 126 Å². The fraction of sp³-hybridized carbons (Fsp3) is 0.647. The molecular formula is C17H25FN2O. The third-order valence-corrected chi connectivity index (χ3v) is 4.71. The number of halogens is 1. The second-order valence-electron chi connectivity index (χ2n) is 6.69. The van der Waals surface area contributed by atoms with Gasteiger partial charge < -0.3 is 15.0 Å². The molecule has 0 bridgehead atoms. The van der Waals surface area contributed by atoms with Gasteiger partial charge in [0.15, 0.2) is 0 Å². The van der Waals surface area contributed by atoms with Crippen LogP contribution in [0, 0.1) is 5.82 Å². The first-order chi connectivity index (χ1) is 10.1. The Morgan fingerprint density at radius 2 is 2.10 bits per heavy atom. The average molecular weight is 292 g/mol. The fourth-order valence-corrected chi connectivity index (χ4v) is 3.61. The summed E-state index contributed by atoms with van der Waals surface area (Å²) in [6, 6.07) is 5.13. The Kier molecular flexibility index (Phi) is 4.18. The highest BCUT2D eigenvalue weighted by Crippen LogP contribution is 2.47. The molecule has 1 N–H and O–H groups in total. The van der Waals surface area contributed by atoms with Crippen molar-refractivity contribution < 1.29 is 9.13 Å². The van der Waals surface area contributed by atoms with Crippen LogP contribution in [-0.4, -0.2) is 37.7 Å². The summed E-state index contributed by atoms with van der Waals surface area (Å²) in [5.41, 5.74) is 0.951. The molecule has 1 aromatic rings. The molecule has 1 saturated carbocycles. The molecule has 2 aliphatic rings. The number of ether oxygens (including phenoxy) is 1. The summed E-state index contributed by atoms with van der Waals surface area (Å²) >= 11 is 0. The predicted molar refractivity (Wildman–Crippen MR) is 82.1 cm³/mol. The zero-order chi connectivity index (χ0) is 14.9. The summed E-state index contributed by atoms with van der Waals surface area (Å²) in [6.45, 7) is 1.89. The van der Waals surface area contributed by atoms with Gasteiger partial charge >= 0.3 is 0 Å². The van der Waals surface area contributed by atoms with E-state index in [1.165, 1.54) is 18.9 Å². The highest BCUT2D eigenvalue weighted by molar-refractivity contribution is 5.39. The zero-order valence-corrected chi connectivity index (χ0v) is 13.0. The normalized spacial score (nSPS) is 23.3. The van der Waals surface area contributed by atoms with Crippen molar-refractivity contribution in [2.45, 2.75) is 43.7 Å². The van der Waals surface area contributed by atoms with Crippen molar-refractivity contribution in [2.24, 2.45) is 0 Å². The molecule has 1 aliphatic carbocycles. The third-order valence-electron chi connectivity index (χ3n) is 4.71. The number of hydrogen-bond donors (Lipinski definition) is 1. The molecule has 1 unspecified atom stereocenters. The van der Waals surface area contributed by atoms with Crippen molar-refractivity contribution >= 4 is 0 Å². The summed E-state index contributed by atoms with van der Waals surface area (Å²) < 4.78 is 19.9. The maximum absolute atomic E-state index is 13.6. The van der Waals surface area contributed by atoms with E-state index in [1.54, 1.807) is 12.1 Å². The number of benzene rings is 1. The summed E-state index contributed by atoms with van der Waals surface area (Å²) in [5, 5.41) is 3.60. The highest BCUT2D eigenvalue weighted by atomic mass is 19.1.